The molecule has 0 saturated carbocycles. The maximum Gasteiger partial charge on any atom is 0.274 e. The summed E-state index contributed by atoms with van der Waals surface area (Å²) in [6, 6.07) is 8.34. The van der Waals surface area contributed by atoms with Gasteiger partial charge in [-0.05, 0) is 24.5 Å². The Morgan fingerprint density at radius 2 is 1.67 bits per heavy atom. The summed E-state index contributed by atoms with van der Waals surface area (Å²) in [5.74, 6) is 0.685. The van der Waals surface area contributed by atoms with E-state index >= 15 is 0 Å². The summed E-state index contributed by atoms with van der Waals surface area (Å²) in [6.45, 7) is 4.64. The second kappa shape index (κ2) is 7.34. The van der Waals surface area contributed by atoms with E-state index in [1.54, 1.807) is 29.1 Å². The van der Waals surface area contributed by atoms with Gasteiger partial charge in [-0.1, -0.05) is 18.2 Å². The van der Waals surface area contributed by atoms with Gasteiger partial charge in [-0.15, -0.1) is 0 Å². The van der Waals surface area contributed by atoms with Crippen LogP contribution >= 0.6 is 0 Å². The number of carbonyl (C=O) groups excluding carboxylic acids is 2. The smallest absolute Gasteiger partial charge is 0.274 e. The molecule has 140 valence electrons. The first-order chi connectivity index (χ1) is 13.1. The van der Waals surface area contributed by atoms with E-state index < -0.39 is 0 Å². The number of benzene rings is 1. The molecule has 1 aromatic carbocycles. The van der Waals surface area contributed by atoms with Gasteiger partial charge in [0.2, 0.25) is 5.91 Å². The van der Waals surface area contributed by atoms with Crippen molar-refractivity contribution in [2.45, 2.75) is 19.8 Å². The third-order valence-electron chi connectivity index (χ3n) is 5.26. The molecule has 0 radical (unpaired) electrons. The number of hydrogen-bond donors (Lipinski definition) is 0. The number of hydrogen-bond acceptors (Lipinski definition) is 5. The highest BCUT2D eigenvalue weighted by molar-refractivity contribution is 5.92. The third kappa shape index (κ3) is 3.49. The first kappa shape index (κ1) is 17.5. The molecule has 7 nitrogen and oxygen atoms in total. The maximum atomic E-state index is 12.7. The highest BCUT2D eigenvalue weighted by Crippen LogP contribution is 2.31. The lowest BCUT2D eigenvalue weighted by Gasteiger charge is -2.34. The van der Waals surface area contributed by atoms with Crippen LogP contribution in [0.25, 0.3) is 0 Å². The average molecular weight is 365 g/mol. The first-order valence-corrected chi connectivity index (χ1v) is 9.36. The number of aromatic nitrogens is 2. The van der Waals surface area contributed by atoms with Crippen molar-refractivity contribution in [2.75, 3.05) is 37.6 Å². The normalized spacial score (nSPS) is 16.9. The Balaban J connectivity index is 1.47. The van der Waals surface area contributed by atoms with E-state index in [4.69, 9.17) is 0 Å². The minimum absolute atomic E-state index is 0.0491. The molecule has 2 aliphatic heterocycles. The van der Waals surface area contributed by atoms with Crippen molar-refractivity contribution in [1.82, 2.24) is 19.8 Å². The fourth-order valence-corrected chi connectivity index (χ4v) is 3.73. The molecule has 7 heteroatoms. The maximum absolute atomic E-state index is 12.7. The molecule has 1 aromatic heterocycles. The number of anilines is 2. The second-order valence-corrected chi connectivity index (χ2v) is 6.94. The van der Waals surface area contributed by atoms with Crippen LogP contribution in [0.3, 0.4) is 0 Å². The number of rotatable bonds is 2. The van der Waals surface area contributed by atoms with Gasteiger partial charge in [0, 0.05) is 45.3 Å². The lowest BCUT2D eigenvalue weighted by molar-refractivity contribution is -0.130. The van der Waals surface area contributed by atoms with Gasteiger partial charge in [0.05, 0.1) is 12.4 Å². The topological polar surface area (TPSA) is 69.6 Å². The van der Waals surface area contributed by atoms with Crippen molar-refractivity contribution in [3.05, 3.63) is 47.9 Å². The zero-order valence-electron chi connectivity index (χ0n) is 15.5. The number of para-hydroxylation sites is 1. The van der Waals surface area contributed by atoms with Crippen LogP contribution in [0, 0.1) is 0 Å². The van der Waals surface area contributed by atoms with Crippen molar-refractivity contribution >= 4 is 23.3 Å². The number of amides is 2. The van der Waals surface area contributed by atoms with Crippen molar-refractivity contribution in [3.63, 3.8) is 0 Å². The van der Waals surface area contributed by atoms with Crippen LogP contribution in [-0.2, 0) is 11.2 Å². The van der Waals surface area contributed by atoms with E-state index in [0.717, 1.165) is 30.9 Å². The molecule has 0 bridgehead atoms. The van der Waals surface area contributed by atoms with E-state index in [1.165, 1.54) is 5.56 Å². The molecule has 2 amide bonds. The number of fused-ring (bicyclic) bond motifs is 1. The molecule has 4 rings (SSSR count). The molecule has 1 fully saturated rings. The Kier molecular flexibility index (Phi) is 4.75. The molecule has 0 spiro atoms. The van der Waals surface area contributed by atoms with Gasteiger partial charge < -0.3 is 14.7 Å². The average Bonchev–Trinajstić information content (AvgIpc) is 2.73. The van der Waals surface area contributed by atoms with Crippen LogP contribution in [-0.4, -0.2) is 64.3 Å². The van der Waals surface area contributed by atoms with E-state index in [1.807, 2.05) is 6.07 Å². The van der Waals surface area contributed by atoms with Crippen molar-refractivity contribution in [3.8, 4) is 0 Å². The fourth-order valence-electron chi connectivity index (χ4n) is 3.73. The highest BCUT2D eigenvalue weighted by Gasteiger charge is 2.25. The first-order valence-electron chi connectivity index (χ1n) is 9.36. The molecular formula is C20H23N5O2. The number of nitrogens with zero attached hydrogens (tertiary/aromatic N) is 5. The Hall–Kier alpha value is -2.96. The quantitative estimate of drug-likeness (QED) is 0.813. The molecule has 2 aromatic rings. The predicted molar refractivity (Wildman–Crippen MR) is 102 cm³/mol. The third-order valence-corrected chi connectivity index (χ3v) is 5.26. The number of aryl methyl sites for hydroxylation is 1. The summed E-state index contributed by atoms with van der Waals surface area (Å²) in [5.41, 5.74) is 2.83. The minimum atomic E-state index is -0.128. The number of piperazine rings is 1. The summed E-state index contributed by atoms with van der Waals surface area (Å²) in [6.07, 6.45) is 5.39. The van der Waals surface area contributed by atoms with E-state index in [-0.39, 0.29) is 11.8 Å². The summed E-state index contributed by atoms with van der Waals surface area (Å²) >= 11 is 0. The highest BCUT2D eigenvalue weighted by atomic mass is 16.2. The monoisotopic (exact) mass is 365 g/mol. The van der Waals surface area contributed by atoms with Gasteiger partial charge >= 0.3 is 0 Å². The van der Waals surface area contributed by atoms with Crippen molar-refractivity contribution in [2.24, 2.45) is 0 Å². The van der Waals surface area contributed by atoms with Gasteiger partial charge in [0.25, 0.3) is 5.91 Å². The van der Waals surface area contributed by atoms with Gasteiger partial charge in [0.1, 0.15) is 5.69 Å². The molecule has 2 aliphatic rings. The van der Waals surface area contributed by atoms with Crippen molar-refractivity contribution < 1.29 is 9.59 Å². The Bertz CT molecular complexity index is 844. The van der Waals surface area contributed by atoms with Gasteiger partial charge in [-0.3, -0.25) is 9.59 Å². The van der Waals surface area contributed by atoms with E-state index in [0.29, 0.717) is 31.9 Å². The molecular weight excluding hydrogens is 342 g/mol. The minimum Gasteiger partial charge on any atom is -0.339 e. The Morgan fingerprint density at radius 3 is 2.37 bits per heavy atom. The Labute approximate surface area is 158 Å². The van der Waals surface area contributed by atoms with E-state index in [2.05, 4.69) is 33.1 Å². The summed E-state index contributed by atoms with van der Waals surface area (Å²) in [5, 5.41) is 0. The summed E-state index contributed by atoms with van der Waals surface area (Å²) in [7, 11) is 0. The SMILES string of the molecule is CC(=O)N1CCN(C(=O)c2cnc(N3CCCc4ccccc43)cn2)CC1. The lowest BCUT2D eigenvalue weighted by Crippen LogP contribution is -2.50. The standard InChI is InChI=1S/C20H23N5O2/c1-15(26)23-9-11-24(12-10-23)20(27)17-13-22-19(14-21-17)25-8-4-6-16-5-2-3-7-18(16)25/h2-3,5,7,13-14H,4,6,8-12H2,1H3. The molecule has 0 unspecified atom stereocenters. The van der Waals surface area contributed by atoms with Crippen molar-refractivity contribution in [1.29, 1.82) is 0 Å². The molecule has 0 aliphatic carbocycles. The van der Waals surface area contributed by atoms with Crippen LogP contribution in [0.15, 0.2) is 36.7 Å². The van der Waals surface area contributed by atoms with Crippen LogP contribution < -0.4 is 4.90 Å². The van der Waals surface area contributed by atoms with Gasteiger partial charge in [-0.2, -0.15) is 0 Å². The van der Waals surface area contributed by atoms with Gasteiger partial charge in [0.15, 0.2) is 5.82 Å². The van der Waals surface area contributed by atoms with Gasteiger partial charge in [-0.25, -0.2) is 9.97 Å². The summed E-state index contributed by atoms with van der Waals surface area (Å²) < 4.78 is 0. The molecule has 3 heterocycles. The molecule has 1 saturated heterocycles. The number of carbonyl (C=O) groups is 2. The molecule has 0 atom stereocenters. The Morgan fingerprint density at radius 1 is 0.926 bits per heavy atom. The largest absolute Gasteiger partial charge is 0.339 e. The van der Waals surface area contributed by atoms with Crippen LogP contribution in [0.5, 0.6) is 0 Å². The van der Waals surface area contributed by atoms with E-state index in [9.17, 15) is 9.59 Å². The summed E-state index contributed by atoms with van der Waals surface area (Å²) in [4.78, 5) is 38.6. The molecule has 27 heavy (non-hydrogen) atoms. The fraction of sp³-hybridized carbons (Fsp3) is 0.400. The zero-order chi connectivity index (χ0) is 18.8. The van der Waals surface area contributed by atoms with Crippen LogP contribution in [0.1, 0.15) is 29.4 Å². The second-order valence-electron chi connectivity index (χ2n) is 6.94. The zero-order valence-corrected chi connectivity index (χ0v) is 15.5. The lowest BCUT2D eigenvalue weighted by atomic mass is 10.0. The predicted octanol–water partition coefficient (Wildman–Crippen LogP) is 1.87. The molecule has 0 N–H and O–H groups in total. The van der Waals surface area contributed by atoms with Crippen LogP contribution in [0.2, 0.25) is 0 Å². The van der Waals surface area contributed by atoms with Crippen LogP contribution in [0.4, 0.5) is 11.5 Å².